The van der Waals surface area contributed by atoms with Gasteiger partial charge < -0.3 is 10.2 Å². The Balaban J connectivity index is 1.53. The van der Waals surface area contributed by atoms with Gasteiger partial charge >= 0.3 is 0 Å². The maximum atomic E-state index is 15.1. The number of benzene rings is 3. The van der Waals surface area contributed by atoms with E-state index >= 15 is 4.79 Å². The van der Waals surface area contributed by atoms with Crippen LogP contribution in [0.3, 0.4) is 0 Å². The summed E-state index contributed by atoms with van der Waals surface area (Å²) in [6, 6.07) is 27.1. The van der Waals surface area contributed by atoms with Gasteiger partial charge in [0, 0.05) is 48.3 Å². The summed E-state index contributed by atoms with van der Waals surface area (Å²) < 4.78 is 3.52. The Bertz CT molecular complexity index is 2120. The van der Waals surface area contributed by atoms with Crippen molar-refractivity contribution in [2.45, 2.75) is 26.7 Å². The fourth-order valence-corrected chi connectivity index (χ4v) is 7.23. The third kappa shape index (κ3) is 6.01. The number of carbonyl (C=O) groups excluding carboxylic acids is 1. The largest absolute Gasteiger partial charge is 0.336 e. The summed E-state index contributed by atoms with van der Waals surface area (Å²) in [4.78, 5) is 36.5. The molecule has 1 amide bonds. The number of halogens is 1. The van der Waals surface area contributed by atoms with E-state index < -0.39 is 0 Å². The van der Waals surface area contributed by atoms with E-state index in [4.69, 9.17) is 21.7 Å². The van der Waals surface area contributed by atoms with Gasteiger partial charge in [0.1, 0.15) is 10.7 Å². The minimum Gasteiger partial charge on any atom is -0.336 e. The molecule has 3 aromatic carbocycles. The molecule has 0 aliphatic carbocycles. The molecule has 1 fully saturated rings. The quantitative estimate of drug-likeness (QED) is 0.183. The normalized spacial score (nSPS) is 13.2. The summed E-state index contributed by atoms with van der Waals surface area (Å²) in [6.45, 7) is 6.70. The number of nitrogens with one attached hydrogen (secondary N) is 1. The predicted molar refractivity (Wildman–Crippen MR) is 194 cm³/mol. The summed E-state index contributed by atoms with van der Waals surface area (Å²) in [5.74, 6) is -0.141. The van der Waals surface area contributed by atoms with Crippen molar-refractivity contribution in [3.8, 4) is 44.6 Å². The number of aromatic nitrogens is 4. The minimum absolute atomic E-state index is 0.141. The van der Waals surface area contributed by atoms with Crippen molar-refractivity contribution in [1.29, 1.82) is 0 Å². The number of carbonyl (C=O) groups is 1. The Hall–Kier alpha value is -4.83. The molecule has 1 aliphatic heterocycles. The van der Waals surface area contributed by atoms with Gasteiger partial charge in [-0.15, -0.1) is 11.3 Å². The van der Waals surface area contributed by atoms with Crippen LogP contribution in [0.4, 0.5) is 0 Å². The van der Waals surface area contributed by atoms with E-state index in [9.17, 15) is 4.79 Å². The molecule has 48 heavy (non-hydrogen) atoms. The Morgan fingerprint density at radius 2 is 1.60 bits per heavy atom. The lowest BCUT2D eigenvalue weighted by Crippen LogP contribution is -2.46. The molecule has 1 N–H and O–H groups in total. The summed E-state index contributed by atoms with van der Waals surface area (Å²) in [6.07, 6.45) is 3.28. The van der Waals surface area contributed by atoms with Crippen LogP contribution in [0, 0.1) is 0 Å². The second kappa shape index (κ2) is 13.7. The third-order valence-electron chi connectivity index (χ3n) is 8.75. The number of piperazine rings is 1. The van der Waals surface area contributed by atoms with Gasteiger partial charge in [-0.1, -0.05) is 74.0 Å². The molecule has 10 heteroatoms. The first kappa shape index (κ1) is 31.8. The van der Waals surface area contributed by atoms with Crippen LogP contribution in [0.5, 0.6) is 0 Å². The van der Waals surface area contributed by atoms with Gasteiger partial charge in [0.05, 0.1) is 33.9 Å². The van der Waals surface area contributed by atoms with Gasteiger partial charge in [-0.2, -0.15) is 5.10 Å². The van der Waals surface area contributed by atoms with Crippen LogP contribution in [0.25, 0.3) is 44.6 Å². The molecule has 8 nitrogen and oxygen atoms in total. The fourth-order valence-electron chi connectivity index (χ4n) is 6.27. The molecular formula is C38H35ClN6O2S. The Morgan fingerprint density at radius 3 is 2.29 bits per heavy atom. The van der Waals surface area contributed by atoms with Crippen molar-refractivity contribution in [2.24, 2.45) is 0 Å². The Morgan fingerprint density at radius 1 is 0.896 bits per heavy atom. The van der Waals surface area contributed by atoms with Crippen molar-refractivity contribution >= 4 is 28.8 Å². The molecule has 1 aliphatic rings. The fraction of sp³-hybridized carbons (Fsp3) is 0.211. The van der Waals surface area contributed by atoms with E-state index in [1.807, 2.05) is 83.2 Å². The van der Waals surface area contributed by atoms with E-state index in [0.29, 0.717) is 71.6 Å². The molecule has 0 bridgehead atoms. The first-order valence-corrected chi connectivity index (χ1v) is 17.5. The molecule has 0 atom stereocenters. The number of para-hydroxylation sites is 2. The van der Waals surface area contributed by atoms with Gasteiger partial charge in [0.25, 0.3) is 11.5 Å². The molecular weight excluding hydrogens is 640 g/mol. The number of aryl methyl sites for hydroxylation is 2. The van der Waals surface area contributed by atoms with E-state index in [1.165, 1.54) is 11.3 Å². The lowest BCUT2D eigenvalue weighted by atomic mass is 9.99. The van der Waals surface area contributed by atoms with E-state index in [0.717, 1.165) is 33.8 Å². The summed E-state index contributed by atoms with van der Waals surface area (Å²) in [5, 5.41) is 11.4. The second-order valence-electron chi connectivity index (χ2n) is 11.7. The first-order valence-electron chi connectivity index (χ1n) is 16.2. The molecule has 1 saturated heterocycles. The Kier molecular flexibility index (Phi) is 9.08. The zero-order chi connectivity index (χ0) is 33.2. The average Bonchev–Trinajstić information content (AvgIpc) is 3.83. The van der Waals surface area contributed by atoms with Gasteiger partial charge in [-0.25, -0.2) is 9.67 Å². The number of nitrogens with zero attached hydrogens (tertiary/aromatic N) is 5. The van der Waals surface area contributed by atoms with Gasteiger partial charge in [-0.05, 0) is 60.4 Å². The van der Waals surface area contributed by atoms with Crippen molar-refractivity contribution in [3.05, 3.63) is 129 Å². The van der Waals surface area contributed by atoms with Crippen LogP contribution in [0.1, 0.15) is 35.3 Å². The number of thiazole rings is 1. The lowest BCUT2D eigenvalue weighted by Gasteiger charge is -2.29. The zero-order valence-corrected chi connectivity index (χ0v) is 28.4. The monoisotopic (exact) mass is 674 g/mol. The molecule has 6 aromatic rings. The average molecular weight is 675 g/mol. The van der Waals surface area contributed by atoms with Gasteiger partial charge in [0.2, 0.25) is 0 Å². The topological polar surface area (TPSA) is 85.1 Å². The molecule has 3 aromatic heterocycles. The molecule has 0 spiro atoms. The number of hydrogen-bond acceptors (Lipinski definition) is 6. The highest BCUT2D eigenvalue weighted by Gasteiger charge is 2.30. The summed E-state index contributed by atoms with van der Waals surface area (Å²) in [5.41, 5.74) is 6.89. The molecule has 0 unspecified atom stereocenters. The zero-order valence-electron chi connectivity index (χ0n) is 26.8. The number of amides is 1. The van der Waals surface area contributed by atoms with E-state index in [2.05, 4.69) is 31.3 Å². The van der Waals surface area contributed by atoms with E-state index in [-0.39, 0.29) is 11.5 Å². The van der Waals surface area contributed by atoms with Crippen molar-refractivity contribution in [2.75, 3.05) is 26.2 Å². The van der Waals surface area contributed by atoms with Crippen LogP contribution in [0.15, 0.2) is 101 Å². The third-order valence-corrected chi connectivity index (χ3v) is 9.88. The van der Waals surface area contributed by atoms with E-state index in [1.54, 1.807) is 15.3 Å². The number of rotatable bonds is 8. The lowest BCUT2D eigenvalue weighted by molar-refractivity contribution is 0.0736. The maximum Gasteiger partial charge on any atom is 0.266 e. The molecule has 0 saturated carbocycles. The molecule has 4 heterocycles. The van der Waals surface area contributed by atoms with Crippen LogP contribution < -0.4 is 10.9 Å². The van der Waals surface area contributed by atoms with Crippen LogP contribution >= 0.6 is 22.9 Å². The SMILES string of the molecule is CCc1cccc(CC)c1-n1c(-c2ccn(-c3ccccc3)n2)c(C(=O)N2CCNCC2)cc(-c2nc(-c3ccc(Cl)cc3)cs2)c1=O. The standard InChI is InChI=1S/C38H35ClN6O2S/c1-3-25-9-8-10-26(4-2)34(25)45-35(32-17-20-44(42-32)29-11-6-5-7-12-29)30(37(46)43-21-18-40-19-22-43)23-31(38(45)47)36-41-33(24-48-36)27-13-15-28(39)16-14-27/h5-17,20,23-24,40H,3-4,18-19,21-22H2,1-2H3. The first-order chi connectivity index (χ1) is 23.5. The summed E-state index contributed by atoms with van der Waals surface area (Å²) >= 11 is 7.54. The number of hydrogen-bond donors (Lipinski definition) is 1. The molecule has 242 valence electrons. The van der Waals surface area contributed by atoms with Crippen LogP contribution in [0.2, 0.25) is 5.02 Å². The minimum atomic E-state index is -0.247. The maximum absolute atomic E-state index is 15.1. The molecule has 7 rings (SSSR count). The highest BCUT2D eigenvalue weighted by molar-refractivity contribution is 7.13. The van der Waals surface area contributed by atoms with Crippen molar-refractivity contribution in [3.63, 3.8) is 0 Å². The number of pyridine rings is 1. The van der Waals surface area contributed by atoms with Crippen molar-refractivity contribution in [1.82, 2.24) is 29.5 Å². The smallest absolute Gasteiger partial charge is 0.266 e. The van der Waals surface area contributed by atoms with Crippen LogP contribution in [-0.4, -0.2) is 56.3 Å². The Labute approximate surface area is 288 Å². The molecule has 0 radical (unpaired) electrons. The van der Waals surface area contributed by atoms with Gasteiger partial charge in [0.15, 0.2) is 0 Å². The predicted octanol–water partition coefficient (Wildman–Crippen LogP) is 7.30. The summed E-state index contributed by atoms with van der Waals surface area (Å²) in [7, 11) is 0. The van der Waals surface area contributed by atoms with Crippen LogP contribution in [-0.2, 0) is 12.8 Å². The van der Waals surface area contributed by atoms with Crippen molar-refractivity contribution < 1.29 is 4.79 Å². The highest BCUT2D eigenvalue weighted by Crippen LogP contribution is 2.34. The van der Waals surface area contributed by atoms with Gasteiger partial charge in [-0.3, -0.25) is 14.2 Å². The second-order valence-corrected chi connectivity index (χ2v) is 13.0. The highest BCUT2D eigenvalue weighted by atomic mass is 35.5.